The number of nitrogens with zero attached hydrogens (tertiary/aromatic N) is 1. The van der Waals surface area contributed by atoms with Crippen molar-refractivity contribution in [3.05, 3.63) is 29.8 Å². The minimum Gasteiger partial charge on any atom is -0.496 e. The highest BCUT2D eigenvalue weighted by molar-refractivity contribution is 14.0. The van der Waals surface area contributed by atoms with E-state index < -0.39 is 0 Å². The number of hydrogen-bond acceptors (Lipinski definition) is 3. The first kappa shape index (κ1) is 22.5. The van der Waals surface area contributed by atoms with Crippen LogP contribution >= 0.6 is 24.0 Å². The monoisotopic (exact) mass is 448 g/mol. The average Bonchev–Trinajstić information content (AvgIpc) is 2.58. The summed E-state index contributed by atoms with van der Waals surface area (Å²) in [6.07, 6.45) is 2.22. The summed E-state index contributed by atoms with van der Waals surface area (Å²) in [4.78, 5) is 15.7. The van der Waals surface area contributed by atoms with E-state index in [4.69, 9.17) is 4.74 Å². The van der Waals surface area contributed by atoms with E-state index in [-0.39, 0.29) is 29.9 Å². The Balaban J connectivity index is 0.00000529. The molecule has 0 heterocycles. The molecule has 0 aromatic heterocycles. The standard InChI is InChI=1S/C17H28N4O2.HI/c1-4-11-19-16(22)10-13-21-17(18-2)20-12-9-14-7-5-6-8-15(14)23-3;/h5-8H,4,9-13H2,1-3H3,(H,19,22)(H2,18,20,21);1H. The maximum atomic E-state index is 11.5. The van der Waals surface area contributed by atoms with Gasteiger partial charge in [0.25, 0.3) is 0 Å². The molecule has 24 heavy (non-hydrogen) atoms. The van der Waals surface area contributed by atoms with Crippen molar-refractivity contribution < 1.29 is 9.53 Å². The SMILES string of the molecule is CCCNC(=O)CCNC(=NC)NCCc1ccccc1OC.I. The van der Waals surface area contributed by atoms with Crippen molar-refractivity contribution in [3.63, 3.8) is 0 Å². The van der Waals surface area contributed by atoms with Gasteiger partial charge in [0.2, 0.25) is 5.91 Å². The predicted molar refractivity (Wildman–Crippen MR) is 109 cm³/mol. The molecule has 0 atom stereocenters. The van der Waals surface area contributed by atoms with E-state index >= 15 is 0 Å². The van der Waals surface area contributed by atoms with Crippen molar-refractivity contribution in [2.45, 2.75) is 26.2 Å². The number of amides is 1. The number of rotatable bonds is 9. The Morgan fingerprint density at radius 2 is 1.83 bits per heavy atom. The Morgan fingerprint density at radius 3 is 2.50 bits per heavy atom. The molecule has 0 radical (unpaired) electrons. The molecule has 7 heteroatoms. The molecule has 1 rings (SSSR count). The van der Waals surface area contributed by atoms with E-state index in [2.05, 4.69) is 27.0 Å². The van der Waals surface area contributed by atoms with Crippen LogP contribution in [0.4, 0.5) is 0 Å². The van der Waals surface area contributed by atoms with Gasteiger partial charge in [-0.1, -0.05) is 25.1 Å². The van der Waals surface area contributed by atoms with Crippen LogP contribution < -0.4 is 20.7 Å². The third-order valence-electron chi connectivity index (χ3n) is 3.32. The van der Waals surface area contributed by atoms with Gasteiger partial charge in [0, 0.05) is 33.1 Å². The van der Waals surface area contributed by atoms with E-state index in [1.807, 2.05) is 25.1 Å². The molecule has 0 spiro atoms. The van der Waals surface area contributed by atoms with E-state index in [1.54, 1.807) is 14.2 Å². The van der Waals surface area contributed by atoms with Crippen molar-refractivity contribution in [2.24, 2.45) is 4.99 Å². The third-order valence-corrected chi connectivity index (χ3v) is 3.32. The minimum absolute atomic E-state index is 0. The molecular formula is C17H29IN4O2. The Hall–Kier alpha value is -1.51. The van der Waals surface area contributed by atoms with E-state index in [0.29, 0.717) is 18.9 Å². The summed E-state index contributed by atoms with van der Waals surface area (Å²) in [6.45, 7) is 4.06. The Kier molecular flexibility index (Phi) is 13.0. The smallest absolute Gasteiger partial charge is 0.221 e. The normalized spacial score (nSPS) is 10.5. The van der Waals surface area contributed by atoms with Crippen LogP contribution in [0.15, 0.2) is 29.3 Å². The van der Waals surface area contributed by atoms with Crippen LogP contribution in [0.2, 0.25) is 0 Å². The summed E-state index contributed by atoms with van der Waals surface area (Å²) in [5, 5.41) is 9.22. The molecule has 3 N–H and O–H groups in total. The van der Waals surface area contributed by atoms with Gasteiger partial charge in [-0.05, 0) is 24.5 Å². The highest BCUT2D eigenvalue weighted by Gasteiger charge is 2.04. The summed E-state index contributed by atoms with van der Waals surface area (Å²) >= 11 is 0. The Bertz CT molecular complexity index is 509. The lowest BCUT2D eigenvalue weighted by molar-refractivity contribution is -0.120. The molecule has 0 saturated heterocycles. The van der Waals surface area contributed by atoms with Gasteiger partial charge in [-0.25, -0.2) is 0 Å². The lowest BCUT2D eigenvalue weighted by Crippen LogP contribution is -2.40. The molecule has 1 aromatic carbocycles. The summed E-state index contributed by atoms with van der Waals surface area (Å²) in [6, 6.07) is 7.96. The molecule has 0 fully saturated rings. The average molecular weight is 448 g/mol. The van der Waals surface area contributed by atoms with Crippen LogP contribution in [-0.4, -0.2) is 45.7 Å². The number of nitrogens with one attached hydrogen (secondary N) is 3. The zero-order chi connectivity index (χ0) is 16.9. The number of guanidine groups is 1. The largest absolute Gasteiger partial charge is 0.496 e. The van der Waals surface area contributed by atoms with Crippen LogP contribution in [0.1, 0.15) is 25.3 Å². The Morgan fingerprint density at radius 1 is 1.12 bits per heavy atom. The number of ether oxygens (including phenoxy) is 1. The first-order valence-electron chi connectivity index (χ1n) is 8.04. The van der Waals surface area contributed by atoms with Crippen LogP contribution in [0, 0.1) is 0 Å². The second-order valence-electron chi connectivity index (χ2n) is 5.09. The van der Waals surface area contributed by atoms with Gasteiger partial charge < -0.3 is 20.7 Å². The molecule has 1 amide bonds. The molecule has 0 unspecified atom stereocenters. The van der Waals surface area contributed by atoms with Crippen molar-refractivity contribution in [1.29, 1.82) is 0 Å². The molecule has 6 nitrogen and oxygen atoms in total. The molecule has 0 aliphatic heterocycles. The van der Waals surface area contributed by atoms with Crippen LogP contribution in [0.3, 0.4) is 0 Å². The third kappa shape index (κ3) is 8.95. The highest BCUT2D eigenvalue weighted by atomic mass is 127. The second kappa shape index (κ2) is 13.9. The molecule has 0 aliphatic rings. The van der Waals surface area contributed by atoms with Gasteiger partial charge in [0.1, 0.15) is 5.75 Å². The number of halogens is 1. The number of methoxy groups -OCH3 is 1. The van der Waals surface area contributed by atoms with Crippen molar-refractivity contribution in [3.8, 4) is 5.75 Å². The quantitative estimate of drug-likeness (QED) is 0.307. The fraction of sp³-hybridized carbons (Fsp3) is 0.529. The summed E-state index contributed by atoms with van der Waals surface area (Å²) < 4.78 is 5.33. The summed E-state index contributed by atoms with van der Waals surface area (Å²) in [5.74, 6) is 1.65. The zero-order valence-electron chi connectivity index (χ0n) is 14.7. The molecule has 0 aliphatic carbocycles. The van der Waals surface area contributed by atoms with Crippen molar-refractivity contribution in [1.82, 2.24) is 16.0 Å². The van der Waals surface area contributed by atoms with E-state index in [9.17, 15) is 4.79 Å². The minimum atomic E-state index is 0. The topological polar surface area (TPSA) is 74.8 Å². The number of benzene rings is 1. The van der Waals surface area contributed by atoms with E-state index in [0.717, 1.165) is 37.2 Å². The lowest BCUT2D eigenvalue weighted by atomic mass is 10.1. The fourth-order valence-corrected chi connectivity index (χ4v) is 2.09. The van der Waals surface area contributed by atoms with Gasteiger partial charge in [-0.3, -0.25) is 9.79 Å². The maximum Gasteiger partial charge on any atom is 0.221 e. The molecular weight excluding hydrogens is 419 g/mol. The van der Waals surface area contributed by atoms with Crippen LogP contribution in [0.5, 0.6) is 5.75 Å². The Labute approximate surface area is 161 Å². The highest BCUT2D eigenvalue weighted by Crippen LogP contribution is 2.17. The lowest BCUT2D eigenvalue weighted by Gasteiger charge is -2.13. The molecule has 0 bridgehead atoms. The fourth-order valence-electron chi connectivity index (χ4n) is 2.09. The number of carbonyl (C=O) groups excluding carboxylic acids is 1. The van der Waals surface area contributed by atoms with E-state index in [1.165, 1.54) is 0 Å². The first-order chi connectivity index (χ1) is 11.2. The molecule has 1 aromatic rings. The van der Waals surface area contributed by atoms with Crippen LogP contribution in [0.25, 0.3) is 0 Å². The summed E-state index contributed by atoms with van der Waals surface area (Å²) in [7, 11) is 3.39. The van der Waals surface area contributed by atoms with Crippen LogP contribution in [-0.2, 0) is 11.2 Å². The van der Waals surface area contributed by atoms with Gasteiger partial charge in [0.05, 0.1) is 7.11 Å². The van der Waals surface area contributed by atoms with Gasteiger partial charge in [0.15, 0.2) is 5.96 Å². The van der Waals surface area contributed by atoms with Gasteiger partial charge >= 0.3 is 0 Å². The maximum absolute atomic E-state index is 11.5. The zero-order valence-corrected chi connectivity index (χ0v) is 17.1. The predicted octanol–water partition coefficient (Wildman–Crippen LogP) is 1.94. The number of aliphatic imine (C=N–C) groups is 1. The number of carbonyl (C=O) groups is 1. The van der Waals surface area contributed by atoms with Gasteiger partial charge in [-0.2, -0.15) is 0 Å². The van der Waals surface area contributed by atoms with Crippen molar-refractivity contribution in [2.75, 3.05) is 33.8 Å². The molecule has 0 saturated carbocycles. The van der Waals surface area contributed by atoms with Gasteiger partial charge in [-0.15, -0.1) is 24.0 Å². The molecule has 136 valence electrons. The number of para-hydroxylation sites is 1. The van der Waals surface area contributed by atoms with Crippen molar-refractivity contribution >= 4 is 35.8 Å². The second-order valence-corrected chi connectivity index (χ2v) is 5.09. The summed E-state index contributed by atoms with van der Waals surface area (Å²) in [5.41, 5.74) is 1.15. The number of hydrogen-bond donors (Lipinski definition) is 3. The first-order valence-corrected chi connectivity index (χ1v) is 8.04.